The van der Waals surface area contributed by atoms with Crippen LogP contribution in [0.5, 0.6) is 0 Å². The summed E-state index contributed by atoms with van der Waals surface area (Å²) < 4.78 is 7.20. The van der Waals surface area contributed by atoms with E-state index in [1.165, 1.54) is 0 Å². The maximum Gasteiger partial charge on any atom is 0.255 e. The normalized spacial score (nSPS) is 11.1. The Balaban J connectivity index is 1.74. The van der Waals surface area contributed by atoms with Crippen molar-refractivity contribution in [3.63, 3.8) is 0 Å². The van der Waals surface area contributed by atoms with Crippen LogP contribution in [0.15, 0.2) is 54.7 Å². The smallest absolute Gasteiger partial charge is 0.255 e. The number of nitrogens with one attached hydrogen (secondary N) is 1. The Morgan fingerprint density at radius 1 is 1.17 bits per heavy atom. The number of ether oxygens (including phenoxy) is 1. The van der Waals surface area contributed by atoms with Gasteiger partial charge < -0.3 is 10.1 Å². The van der Waals surface area contributed by atoms with Crippen LogP contribution in [0.4, 0.5) is 0 Å². The van der Waals surface area contributed by atoms with E-state index in [0.29, 0.717) is 30.3 Å². The number of aromatic nitrogens is 2. The van der Waals surface area contributed by atoms with Gasteiger partial charge in [0.05, 0.1) is 29.7 Å². The number of rotatable bonds is 8. The van der Waals surface area contributed by atoms with Crippen LogP contribution in [0.3, 0.4) is 0 Å². The molecule has 3 aromatic rings. The molecule has 0 saturated heterocycles. The number of carbonyl (C=O) groups is 1. The van der Waals surface area contributed by atoms with Gasteiger partial charge >= 0.3 is 0 Å². The lowest BCUT2D eigenvalue weighted by Gasteiger charge is -2.13. The van der Waals surface area contributed by atoms with Crippen molar-refractivity contribution in [2.75, 3.05) is 6.61 Å². The van der Waals surface area contributed by atoms with Crippen molar-refractivity contribution < 1.29 is 9.53 Å². The minimum absolute atomic E-state index is 0.120. The van der Waals surface area contributed by atoms with Crippen molar-refractivity contribution in [3.8, 4) is 5.69 Å². The summed E-state index contributed by atoms with van der Waals surface area (Å²) in [6.45, 7) is 7.82. The predicted molar refractivity (Wildman–Crippen MR) is 116 cm³/mol. The van der Waals surface area contributed by atoms with Gasteiger partial charge in [0, 0.05) is 18.2 Å². The Hall–Kier alpha value is -2.63. The molecule has 1 aromatic heterocycles. The molecule has 0 unspecified atom stereocenters. The Morgan fingerprint density at radius 2 is 1.90 bits per heavy atom. The summed E-state index contributed by atoms with van der Waals surface area (Å²) in [6, 6.07) is 15.5. The fourth-order valence-electron chi connectivity index (χ4n) is 3.15. The second-order valence-corrected chi connectivity index (χ2v) is 7.56. The summed E-state index contributed by atoms with van der Waals surface area (Å²) in [7, 11) is 0. The SMILES string of the molecule is CCOCc1ccc(CNC(=O)c2cnn(-c3cccc(Cl)c3)c2C(C)C)cc1. The van der Waals surface area contributed by atoms with E-state index in [4.69, 9.17) is 16.3 Å². The highest BCUT2D eigenvalue weighted by Crippen LogP contribution is 2.24. The molecule has 3 rings (SSSR count). The van der Waals surface area contributed by atoms with Gasteiger partial charge in [-0.3, -0.25) is 4.79 Å². The summed E-state index contributed by atoms with van der Waals surface area (Å²) in [5, 5.41) is 8.08. The lowest BCUT2D eigenvalue weighted by molar-refractivity contribution is 0.0949. The van der Waals surface area contributed by atoms with Gasteiger partial charge in [0.2, 0.25) is 0 Å². The monoisotopic (exact) mass is 411 g/mol. The van der Waals surface area contributed by atoms with Crippen LogP contribution in [0, 0.1) is 0 Å². The molecule has 0 fully saturated rings. The third-order valence-electron chi connectivity index (χ3n) is 4.60. The molecular formula is C23H26ClN3O2. The van der Waals surface area contributed by atoms with Gasteiger partial charge in [-0.1, -0.05) is 55.8 Å². The van der Waals surface area contributed by atoms with Crippen LogP contribution in [-0.4, -0.2) is 22.3 Å². The summed E-state index contributed by atoms with van der Waals surface area (Å²) in [5.41, 5.74) is 4.42. The first-order valence-corrected chi connectivity index (χ1v) is 10.1. The van der Waals surface area contributed by atoms with Gasteiger partial charge in [-0.05, 0) is 42.2 Å². The summed E-state index contributed by atoms with van der Waals surface area (Å²) >= 11 is 6.12. The molecule has 6 heteroatoms. The maximum atomic E-state index is 12.9. The highest BCUT2D eigenvalue weighted by atomic mass is 35.5. The largest absolute Gasteiger partial charge is 0.377 e. The zero-order valence-electron chi connectivity index (χ0n) is 17.0. The second kappa shape index (κ2) is 9.72. The minimum Gasteiger partial charge on any atom is -0.377 e. The van der Waals surface area contributed by atoms with Crippen molar-refractivity contribution in [1.29, 1.82) is 0 Å². The Morgan fingerprint density at radius 3 is 2.55 bits per heavy atom. The lowest BCUT2D eigenvalue weighted by atomic mass is 10.0. The summed E-state index contributed by atoms with van der Waals surface area (Å²) in [4.78, 5) is 12.9. The summed E-state index contributed by atoms with van der Waals surface area (Å²) in [6.07, 6.45) is 1.62. The molecule has 0 spiro atoms. The van der Waals surface area contributed by atoms with Crippen molar-refractivity contribution in [2.45, 2.75) is 39.8 Å². The average molecular weight is 412 g/mol. The second-order valence-electron chi connectivity index (χ2n) is 7.13. The fourth-order valence-corrected chi connectivity index (χ4v) is 3.34. The number of halogens is 1. The molecule has 0 saturated carbocycles. The van der Waals surface area contributed by atoms with E-state index in [1.807, 2.05) is 69.3 Å². The molecule has 29 heavy (non-hydrogen) atoms. The third-order valence-corrected chi connectivity index (χ3v) is 4.83. The molecule has 0 bridgehead atoms. The first-order chi connectivity index (χ1) is 14.0. The van der Waals surface area contributed by atoms with Gasteiger partial charge in [-0.2, -0.15) is 5.10 Å². The first-order valence-electron chi connectivity index (χ1n) is 9.77. The van der Waals surface area contributed by atoms with Gasteiger partial charge in [0.15, 0.2) is 0 Å². The third kappa shape index (κ3) is 5.25. The molecular weight excluding hydrogens is 386 g/mol. The van der Waals surface area contributed by atoms with Gasteiger partial charge in [-0.25, -0.2) is 4.68 Å². The molecule has 0 aliphatic rings. The predicted octanol–water partition coefficient (Wildman–Crippen LogP) is 5.12. The van der Waals surface area contributed by atoms with Crippen molar-refractivity contribution in [2.24, 2.45) is 0 Å². The number of carbonyl (C=O) groups excluding carboxylic acids is 1. The van der Waals surface area contributed by atoms with E-state index in [0.717, 1.165) is 22.5 Å². The molecule has 0 aliphatic carbocycles. The van der Waals surface area contributed by atoms with Crippen LogP contribution in [0.1, 0.15) is 53.9 Å². The van der Waals surface area contributed by atoms with Crippen LogP contribution >= 0.6 is 11.6 Å². The van der Waals surface area contributed by atoms with E-state index in [-0.39, 0.29) is 11.8 Å². The van der Waals surface area contributed by atoms with E-state index in [2.05, 4.69) is 10.4 Å². The molecule has 1 heterocycles. The molecule has 0 radical (unpaired) electrons. The number of benzene rings is 2. The standard InChI is InChI=1S/C23H26ClN3O2/c1-4-29-15-18-10-8-17(9-11-18)13-25-23(28)21-14-26-27(22(21)16(2)3)20-7-5-6-19(24)12-20/h5-12,14,16H,4,13,15H2,1-3H3,(H,25,28). The first kappa shape index (κ1) is 21.1. The number of amides is 1. The van der Waals surface area contributed by atoms with Crippen molar-refractivity contribution >= 4 is 17.5 Å². The Kier molecular flexibility index (Phi) is 7.07. The maximum absolute atomic E-state index is 12.9. The topological polar surface area (TPSA) is 56.1 Å². The number of hydrogen-bond donors (Lipinski definition) is 1. The highest BCUT2D eigenvalue weighted by molar-refractivity contribution is 6.30. The molecule has 152 valence electrons. The fraction of sp³-hybridized carbons (Fsp3) is 0.304. The van der Waals surface area contributed by atoms with Crippen LogP contribution in [-0.2, 0) is 17.9 Å². The Bertz CT molecular complexity index is 965. The van der Waals surface area contributed by atoms with Gasteiger partial charge in [0.1, 0.15) is 0 Å². The van der Waals surface area contributed by atoms with Crippen LogP contribution in [0.2, 0.25) is 5.02 Å². The zero-order valence-corrected chi connectivity index (χ0v) is 17.7. The molecule has 2 aromatic carbocycles. The van der Waals surface area contributed by atoms with Crippen LogP contribution < -0.4 is 5.32 Å². The zero-order chi connectivity index (χ0) is 20.8. The molecule has 5 nitrogen and oxygen atoms in total. The molecule has 0 atom stereocenters. The average Bonchev–Trinajstić information content (AvgIpc) is 3.17. The van der Waals surface area contributed by atoms with Crippen LogP contribution in [0.25, 0.3) is 5.69 Å². The van der Waals surface area contributed by atoms with E-state index in [9.17, 15) is 4.79 Å². The van der Waals surface area contributed by atoms with E-state index < -0.39 is 0 Å². The summed E-state index contributed by atoms with van der Waals surface area (Å²) in [5.74, 6) is -0.0181. The molecule has 0 aliphatic heterocycles. The molecule has 1 N–H and O–H groups in total. The van der Waals surface area contributed by atoms with Gasteiger partial charge in [-0.15, -0.1) is 0 Å². The van der Waals surface area contributed by atoms with E-state index >= 15 is 0 Å². The van der Waals surface area contributed by atoms with E-state index in [1.54, 1.807) is 10.9 Å². The highest BCUT2D eigenvalue weighted by Gasteiger charge is 2.20. The minimum atomic E-state index is -0.139. The van der Waals surface area contributed by atoms with Crippen molar-refractivity contribution in [1.82, 2.24) is 15.1 Å². The number of hydrogen-bond acceptors (Lipinski definition) is 3. The molecule has 1 amide bonds. The quantitative estimate of drug-likeness (QED) is 0.560. The van der Waals surface area contributed by atoms with Crippen molar-refractivity contribution in [3.05, 3.63) is 82.1 Å². The Labute approximate surface area is 176 Å². The van der Waals surface area contributed by atoms with Gasteiger partial charge in [0.25, 0.3) is 5.91 Å². The number of nitrogens with zero attached hydrogens (tertiary/aromatic N) is 2. The lowest BCUT2D eigenvalue weighted by Crippen LogP contribution is -2.24.